The minimum atomic E-state index is -0.556. The molecule has 0 aromatic carbocycles. The molecule has 40 heteroatoms. The van der Waals surface area contributed by atoms with Gasteiger partial charge in [-0.25, -0.2) is 38.4 Å². The number of methoxy groups -OCH3 is 2. The maximum Gasteiger partial charge on any atom is 0.374 e. The molecule has 8 rings (SSSR count). The number of carbonyl (C=O) groups is 16. The van der Waals surface area contributed by atoms with Crippen molar-refractivity contribution in [3.63, 3.8) is 0 Å². The molecule has 0 spiro atoms. The summed E-state index contributed by atoms with van der Waals surface area (Å²) in [6, 6.07) is 24.4. The highest BCUT2D eigenvalue weighted by atomic mass is 16.6. The van der Waals surface area contributed by atoms with Gasteiger partial charge in [-0.2, -0.15) is 0 Å². The van der Waals surface area contributed by atoms with Crippen LogP contribution < -0.4 is 0 Å². The number of carbonyl (C=O) groups excluding carboxylic acids is 16. The summed E-state index contributed by atoms with van der Waals surface area (Å²) < 4.78 is 116. The smallest absolute Gasteiger partial charge is 0.374 e. The van der Waals surface area contributed by atoms with Crippen molar-refractivity contribution < 1.29 is 188 Å². The summed E-state index contributed by atoms with van der Waals surface area (Å²) in [6.45, 7) is 22.6. The summed E-state index contributed by atoms with van der Waals surface area (Å²) in [5, 5.41) is 0. The Morgan fingerprint density at radius 1 is 0.246 bits per heavy atom. The van der Waals surface area contributed by atoms with Gasteiger partial charge in [-0.1, -0.05) is 41.5 Å². The van der Waals surface area contributed by atoms with Crippen LogP contribution in [0.25, 0.3) is 0 Å². The first kappa shape index (κ1) is 106. The van der Waals surface area contributed by atoms with Gasteiger partial charge in [0.15, 0.2) is 0 Å². The van der Waals surface area contributed by atoms with E-state index < -0.39 is 65.7 Å². The fraction of sp³-hybridized carbons (Fsp3) is 0.415. The van der Waals surface area contributed by atoms with Gasteiger partial charge in [0.05, 0.1) is 53.9 Å². The summed E-state index contributed by atoms with van der Waals surface area (Å²) in [4.78, 5) is 173. The van der Waals surface area contributed by atoms with E-state index in [4.69, 9.17) is 87.4 Å². The lowest BCUT2D eigenvalue weighted by Gasteiger charge is -2.00. The minimum absolute atomic E-state index is 0.0168. The van der Waals surface area contributed by atoms with Crippen LogP contribution in [0, 0.1) is 0 Å². The Morgan fingerprint density at radius 2 is 0.426 bits per heavy atom. The van der Waals surface area contributed by atoms with Crippen LogP contribution in [0.15, 0.2) is 132 Å². The van der Waals surface area contributed by atoms with Crippen LogP contribution in [0.4, 0.5) is 0 Å². The first-order valence-corrected chi connectivity index (χ1v) is 37.3. The molecule has 0 aliphatic carbocycles. The van der Waals surface area contributed by atoms with Crippen LogP contribution in [0.1, 0.15) is 252 Å². The Balaban J connectivity index is 0.000000698. The summed E-state index contributed by atoms with van der Waals surface area (Å²) in [5.74, 6) is -2.12. The molecule has 0 bridgehead atoms. The van der Waals surface area contributed by atoms with Crippen molar-refractivity contribution in [1.29, 1.82) is 0 Å². The quantitative estimate of drug-likeness (QED) is 0.0197. The summed E-state index contributed by atoms with van der Waals surface area (Å²) >= 11 is 0. The molecule has 0 unspecified atom stereocenters. The Bertz CT molecular complexity index is 4470. The zero-order valence-electron chi connectivity index (χ0n) is 69.9. The van der Waals surface area contributed by atoms with Crippen LogP contribution in [0.3, 0.4) is 0 Å². The maximum atomic E-state index is 11.4. The van der Waals surface area contributed by atoms with Crippen molar-refractivity contribution in [1.82, 2.24) is 0 Å². The van der Waals surface area contributed by atoms with E-state index in [1.807, 2.05) is 20.8 Å². The van der Waals surface area contributed by atoms with Crippen molar-refractivity contribution in [2.75, 3.05) is 53.9 Å². The highest BCUT2D eigenvalue weighted by molar-refractivity contribution is 5.89. The van der Waals surface area contributed by atoms with Crippen molar-refractivity contribution in [2.45, 2.75) is 174 Å². The predicted molar refractivity (Wildman–Crippen MR) is 410 cm³/mol. The molecule has 0 fully saturated rings. The fourth-order valence-corrected chi connectivity index (χ4v) is 7.64. The van der Waals surface area contributed by atoms with E-state index in [0.717, 1.165) is 19.3 Å². The minimum Gasteiger partial charge on any atom is -0.463 e. The summed E-state index contributed by atoms with van der Waals surface area (Å²) in [5.41, 5.74) is 0. The molecule has 0 aliphatic heterocycles. The molecule has 0 saturated carbocycles. The largest absolute Gasteiger partial charge is 0.463 e. The molecule has 8 aromatic heterocycles. The van der Waals surface area contributed by atoms with E-state index in [0.29, 0.717) is 118 Å². The third-order valence-corrected chi connectivity index (χ3v) is 13.2. The number of ether oxygens (including phenoxy) is 16. The number of furan rings is 8. The zero-order chi connectivity index (χ0) is 91.2. The van der Waals surface area contributed by atoms with E-state index >= 15 is 0 Å². The molecule has 0 amide bonds. The van der Waals surface area contributed by atoms with Crippen molar-refractivity contribution in [3.8, 4) is 0 Å². The van der Waals surface area contributed by atoms with Crippen molar-refractivity contribution >= 4 is 96.5 Å². The molecule has 40 nitrogen and oxygen atoms in total. The molecule has 0 radical (unpaired) electrons. The third kappa shape index (κ3) is 46.1. The lowest BCUT2D eigenvalue weighted by atomic mass is 10.4. The lowest BCUT2D eigenvalue weighted by Crippen LogP contribution is -2.04. The van der Waals surface area contributed by atoms with Crippen molar-refractivity contribution in [3.05, 3.63) is 189 Å². The molecule has 0 atom stereocenters. The Kier molecular flexibility index (Phi) is 54.6. The standard InChI is InChI=1S/C12H16O5.2C11H14O5.3C10H12O5.2C9H10O5/c1-3-7-15-12(14)10-6-5-9(17-10)8-16-11(13)4-2;1-3-6-14-11(13)10-5-4-9(16-10)7-15-8(2)12;1-3-10(12)15-7-8-5-6-9(16-8)11(13)14-4-2;1-3-9(11)14-6-7-4-5-8(15-7)10(12)13-2;1-3-13-10(12)9-5-4-8(15-9)6-14-7(2)11;1-2-5-14-10(12)9-4-3-8(15-9)6-13-7-11;1-6(10)13-5-7-3-4-8(14-7)9(11)12-2;1-2-13-9(11)8-4-3-7(14-8)5-12-6-10/h5-6H,3-4,7-8H2,1-2H3;4-5H,3,6-7H2,1-2H3;5-6H,3-4,7H2,1-2H3;2*4-5H,3,6H2,1-2H3;3-4,7H,2,5-6H2,1H3;3-4H,5H2,1-2H3;3-4,6H,2,5H2,1H3. The highest BCUT2D eigenvalue weighted by Crippen LogP contribution is 2.18. The average molecular weight is 1730 g/mol. The predicted octanol–water partition coefficient (Wildman–Crippen LogP) is 12.9. The molecule has 122 heavy (non-hydrogen) atoms. The van der Waals surface area contributed by atoms with Gasteiger partial charge in [0.25, 0.3) is 12.9 Å². The Morgan fingerprint density at radius 3 is 0.590 bits per heavy atom. The van der Waals surface area contributed by atoms with Crippen LogP contribution in [-0.2, 0) is 167 Å². The molecular weight excluding hydrogens is 1620 g/mol. The second-order valence-electron chi connectivity index (χ2n) is 22.9. The monoisotopic (exact) mass is 1720 g/mol. The number of hydrogen-bond acceptors (Lipinski definition) is 40. The van der Waals surface area contributed by atoms with Crippen LogP contribution >= 0.6 is 0 Å². The Labute approximate surface area is 699 Å². The normalized spacial score (nSPS) is 9.75. The lowest BCUT2D eigenvalue weighted by molar-refractivity contribution is -0.145. The van der Waals surface area contributed by atoms with Gasteiger partial charge < -0.3 is 111 Å². The van der Waals surface area contributed by atoms with Crippen molar-refractivity contribution in [2.24, 2.45) is 0 Å². The number of hydrogen-bond donors (Lipinski definition) is 0. The van der Waals surface area contributed by atoms with Crippen LogP contribution in [0.2, 0.25) is 0 Å². The second kappa shape index (κ2) is 62.9. The average Bonchev–Trinajstić information content (AvgIpc) is 1.86. The third-order valence-electron chi connectivity index (χ3n) is 13.2. The van der Waals surface area contributed by atoms with Gasteiger partial charge in [0.2, 0.25) is 46.1 Å². The first-order chi connectivity index (χ1) is 58.4. The van der Waals surface area contributed by atoms with Gasteiger partial charge >= 0.3 is 83.6 Å². The SMILES string of the molecule is CCC(=O)OCc1ccc(C(=O)OC)o1.CCCOC(=O)c1ccc(COC(=O)CC)o1.CCCOC(=O)c1ccc(COC(C)=O)o1.CCCOC(=O)c1ccc(COC=O)o1.CCOC(=O)c1ccc(COC(=O)CC)o1.CCOC(=O)c1ccc(COC(C)=O)o1.CCOC(=O)c1ccc(COC=O)o1.COC(=O)c1ccc(COC(C)=O)o1. The van der Waals surface area contributed by atoms with Gasteiger partial charge in [0.1, 0.15) is 98.9 Å². The van der Waals surface area contributed by atoms with E-state index in [9.17, 15) is 76.7 Å². The van der Waals surface area contributed by atoms with E-state index in [1.54, 1.807) is 90.1 Å². The summed E-state index contributed by atoms with van der Waals surface area (Å²) in [6.07, 6.45) is 3.20. The molecule has 0 saturated heterocycles. The van der Waals surface area contributed by atoms with Gasteiger partial charge in [-0.15, -0.1) is 0 Å². The van der Waals surface area contributed by atoms with Gasteiger partial charge in [0, 0.05) is 40.0 Å². The zero-order valence-corrected chi connectivity index (χ0v) is 69.9. The molecule has 8 heterocycles. The van der Waals surface area contributed by atoms with E-state index in [2.05, 4.69) is 23.7 Å². The number of esters is 14. The Hall–Kier alpha value is -14.2. The molecule has 0 aliphatic rings. The second-order valence-corrected chi connectivity index (χ2v) is 22.9. The number of rotatable bonds is 38. The van der Waals surface area contributed by atoms with E-state index in [-0.39, 0.29) is 117 Å². The summed E-state index contributed by atoms with van der Waals surface area (Å²) in [7, 11) is 2.53. The highest BCUT2D eigenvalue weighted by Gasteiger charge is 2.20. The van der Waals surface area contributed by atoms with Gasteiger partial charge in [-0.3, -0.25) is 38.4 Å². The topological polar surface area (TPSA) is 526 Å². The van der Waals surface area contributed by atoms with Crippen LogP contribution in [0.5, 0.6) is 0 Å². The van der Waals surface area contributed by atoms with E-state index in [1.165, 1.54) is 83.5 Å². The van der Waals surface area contributed by atoms with Gasteiger partial charge in [-0.05, 0) is 137 Å². The van der Waals surface area contributed by atoms with Crippen LogP contribution in [-0.4, -0.2) is 150 Å². The molecule has 668 valence electrons. The first-order valence-electron chi connectivity index (χ1n) is 37.3. The molecule has 8 aromatic rings. The molecule has 0 N–H and O–H groups in total. The fourth-order valence-electron chi connectivity index (χ4n) is 7.64. The molecular formula is C82H100O40. The maximum absolute atomic E-state index is 11.4.